The summed E-state index contributed by atoms with van der Waals surface area (Å²) >= 11 is 0. The van der Waals surface area contributed by atoms with Crippen LogP contribution in [0.4, 0.5) is 10.6 Å². The fraction of sp³-hybridized carbons (Fsp3) is 0.316. The van der Waals surface area contributed by atoms with E-state index in [1.54, 1.807) is 10.7 Å². The second-order valence-electron chi connectivity index (χ2n) is 6.69. The van der Waals surface area contributed by atoms with Crippen LogP contribution < -0.4 is 11.1 Å². The third kappa shape index (κ3) is 3.43. The summed E-state index contributed by atoms with van der Waals surface area (Å²) in [6.07, 6.45) is 2.70. The van der Waals surface area contributed by atoms with Crippen LogP contribution in [-0.4, -0.2) is 49.8 Å². The number of nitrogens with zero attached hydrogens (tertiary/aromatic N) is 4. The monoisotopic (exact) mass is 366 g/mol. The summed E-state index contributed by atoms with van der Waals surface area (Å²) < 4.78 is 1.80. The third-order valence-electron chi connectivity index (χ3n) is 4.99. The molecule has 8 nitrogen and oxygen atoms in total. The van der Waals surface area contributed by atoms with Gasteiger partial charge in [-0.05, 0) is 30.5 Å². The molecule has 0 saturated carbocycles. The van der Waals surface area contributed by atoms with Gasteiger partial charge in [-0.3, -0.25) is 0 Å². The Kier molecular flexibility index (Phi) is 4.64. The second-order valence-corrected chi connectivity index (χ2v) is 6.69. The molecular weight excluding hydrogens is 344 g/mol. The van der Waals surface area contributed by atoms with Gasteiger partial charge in [0.15, 0.2) is 5.65 Å². The number of rotatable bonds is 5. The van der Waals surface area contributed by atoms with Crippen molar-refractivity contribution >= 4 is 17.6 Å². The highest BCUT2D eigenvalue weighted by molar-refractivity contribution is 5.66. The van der Waals surface area contributed by atoms with Crippen LogP contribution in [0.1, 0.15) is 18.4 Å². The van der Waals surface area contributed by atoms with Crippen molar-refractivity contribution in [3.05, 3.63) is 48.2 Å². The molecule has 0 aliphatic carbocycles. The zero-order valence-corrected chi connectivity index (χ0v) is 14.9. The van der Waals surface area contributed by atoms with Crippen molar-refractivity contribution in [2.45, 2.75) is 25.4 Å². The van der Waals surface area contributed by atoms with Gasteiger partial charge in [0, 0.05) is 25.2 Å². The van der Waals surface area contributed by atoms with Gasteiger partial charge in [-0.1, -0.05) is 24.3 Å². The molecule has 1 aliphatic rings. The SMILES string of the molecule is NCc1ccc(-c2cnc3ccc(NCC4CCCN4C(=O)O)nn23)cc1. The first-order valence-electron chi connectivity index (χ1n) is 9.03. The lowest BCUT2D eigenvalue weighted by Gasteiger charge is -2.21. The highest BCUT2D eigenvalue weighted by Crippen LogP contribution is 2.22. The van der Waals surface area contributed by atoms with Crippen molar-refractivity contribution in [3.63, 3.8) is 0 Å². The van der Waals surface area contributed by atoms with Crippen LogP contribution in [-0.2, 0) is 6.54 Å². The van der Waals surface area contributed by atoms with E-state index >= 15 is 0 Å². The smallest absolute Gasteiger partial charge is 0.407 e. The molecule has 3 aromatic rings. The number of nitrogens with one attached hydrogen (secondary N) is 1. The zero-order valence-electron chi connectivity index (χ0n) is 14.9. The van der Waals surface area contributed by atoms with E-state index in [-0.39, 0.29) is 6.04 Å². The molecule has 1 atom stereocenters. The molecule has 0 spiro atoms. The van der Waals surface area contributed by atoms with E-state index in [2.05, 4.69) is 15.4 Å². The summed E-state index contributed by atoms with van der Waals surface area (Å²) in [5.41, 5.74) is 9.40. The van der Waals surface area contributed by atoms with Crippen molar-refractivity contribution in [3.8, 4) is 11.3 Å². The van der Waals surface area contributed by atoms with Crippen molar-refractivity contribution < 1.29 is 9.90 Å². The van der Waals surface area contributed by atoms with Crippen molar-refractivity contribution in [2.75, 3.05) is 18.4 Å². The summed E-state index contributed by atoms with van der Waals surface area (Å²) in [5.74, 6) is 0.692. The lowest BCUT2D eigenvalue weighted by molar-refractivity contribution is 0.142. The number of fused-ring (bicyclic) bond motifs is 1. The third-order valence-corrected chi connectivity index (χ3v) is 4.99. The molecule has 1 aromatic carbocycles. The van der Waals surface area contributed by atoms with E-state index in [4.69, 9.17) is 5.73 Å². The molecule has 1 aliphatic heterocycles. The van der Waals surface area contributed by atoms with E-state index in [1.165, 1.54) is 4.90 Å². The molecule has 8 heteroatoms. The minimum atomic E-state index is -0.861. The number of imidazole rings is 1. The summed E-state index contributed by atoms with van der Waals surface area (Å²) in [7, 11) is 0. The number of amides is 1. The van der Waals surface area contributed by atoms with E-state index in [0.29, 0.717) is 25.5 Å². The Bertz CT molecular complexity index is 952. The molecule has 4 N–H and O–H groups in total. The van der Waals surface area contributed by atoms with Crippen LogP contribution in [0.5, 0.6) is 0 Å². The van der Waals surface area contributed by atoms with E-state index in [1.807, 2.05) is 36.4 Å². The van der Waals surface area contributed by atoms with E-state index < -0.39 is 6.09 Å². The maximum Gasteiger partial charge on any atom is 0.407 e. The summed E-state index contributed by atoms with van der Waals surface area (Å²) in [6, 6.07) is 11.8. The van der Waals surface area contributed by atoms with Gasteiger partial charge in [-0.15, -0.1) is 5.10 Å². The molecule has 1 unspecified atom stereocenters. The average molecular weight is 366 g/mol. The van der Waals surface area contributed by atoms with Crippen LogP contribution in [0.25, 0.3) is 16.9 Å². The summed E-state index contributed by atoms with van der Waals surface area (Å²) in [5, 5.41) is 17.2. The van der Waals surface area contributed by atoms with Gasteiger partial charge in [-0.25, -0.2) is 14.3 Å². The lowest BCUT2D eigenvalue weighted by Crippen LogP contribution is -2.38. The molecular formula is C19H22N6O2. The number of hydrogen-bond acceptors (Lipinski definition) is 5. The van der Waals surface area contributed by atoms with Crippen LogP contribution in [0.2, 0.25) is 0 Å². The predicted octanol–water partition coefficient (Wildman–Crippen LogP) is 2.41. The number of hydrogen-bond donors (Lipinski definition) is 3. The minimum absolute atomic E-state index is 0.0222. The molecule has 2 aromatic heterocycles. The Morgan fingerprint density at radius 1 is 1.26 bits per heavy atom. The maximum atomic E-state index is 11.3. The van der Waals surface area contributed by atoms with Gasteiger partial charge in [0.1, 0.15) is 5.82 Å². The Labute approximate surface area is 156 Å². The number of likely N-dealkylation sites (tertiary alicyclic amines) is 1. The molecule has 1 fully saturated rings. The Balaban J connectivity index is 1.55. The van der Waals surface area contributed by atoms with Crippen molar-refractivity contribution in [1.29, 1.82) is 0 Å². The fourth-order valence-electron chi connectivity index (χ4n) is 3.50. The summed E-state index contributed by atoms with van der Waals surface area (Å²) in [4.78, 5) is 17.2. The lowest BCUT2D eigenvalue weighted by atomic mass is 10.1. The topological polar surface area (TPSA) is 109 Å². The van der Waals surface area contributed by atoms with Crippen molar-refractivity contribution in [1.82, 2.24) is 19.5 Å². The molecule has 27 heavy (non-hydrogen) atoms. The minimum Gasteiger partial charge on any atom is -0.465 e. The fourth-order valence-corrected chi connectivity index (χ4v) is 3.50. The van der Waals surface area contributed by atoms with Crippen LogP contribution in [0, 0.1) is 0 Å². The molecule has 0 bridgehead atoms. The van der Waals surface area contributed by atoms with Crippen molar-refractivity contribution in [2.24, 2.45) is 5.73 Å². The molecule has 140 valence electrons. The Morgan fingerprint density at radius 2 is 2.07 bits per heavy atom. The largest absolute Gasteiger partial charge is 0.465 e. The second kappa shape index (κ2) is 7.24. The van der Waals surface area contributed by atoms with Gasteiger partial charge in [0.05, 0.1) is 17.9 Å². The van der Waals surface area contributed by atoms with E-state index in [9.17, 15) is 9.90 Å². The van der Waals surface area contributed by atoms with Gasteiger partial charge in [0.25, 0.3) is 0 Å². The summed E-state index contributed by atoms with van der Waals surface area (Å²) in [6.45, 7) is 1.65. The maximum absolute atomic E-state index is 11.3. The van der Waals surface area contributed by atoms with Gasteiger partial charge in [0.2, 0.25) is 0 Å². The van der Waals surface area contributed by atoms with Crippen LogP contribution in [0.15, 0.2) is 42.6 Å². The first kappa shape index (κ1) is 17.3. The quantitative estimate of drug-likeness (QED) is 0.640. The highest BCUT2D eigenvalue weighted by Gasteiger charge is 2.28. The van der Waals surface area contributed by atoms with Gasteiger partial charge < -0.3 is 21.1 Å². The number of nitrogens with two attached hydrogens (primary N) is 1. The van der Waals surface area contributed by atoms with Gasteiger partial charge in [-0.2, -0.15) is 0 Å². The average Bonchev–Trinajstić information content (AvgIpc) is 3.33. The van der Waals surface area contributed by atoms with Crippen LogP contribution >= 0.6 is 0 Å². The number of benzene rings is 1. The number of aromatic nitrogens is 3. The Morgan fingerprint density at radius 3 is 2.81 bits per heavy atom. The molecule has 3 heterocycles. The number of carboxylic acid groups (broad SMARTS) is 1. The number of anilines is 1. The van der Waals surface area contributed by atoms with Gasteiger partial charge >= 0.3 is 6.09 Å². The molecule has 4 rings (SSSR count). The number of carbonyl (C=O) groups is 1. The Hall–Kier alpha value is -3.13. The standard InChI is InChI=1S/C19H22N6O2/c20-10-13-3-5-14(6-4-13)16-12-22-18-8-7-17(23-25(16)18)21-11-15-2-1-9-24(15)19(26)27/h3-8,12,15H,1-2,9-11,20H2,(H,21,23)(H,26,27). The molecule has 1 amide bonds. The first-order chi connectivity index (χ1) is 13.2. The molecule has 1 saturated heterocycles. The normalized spacial score (nSPS) is 16.8. The highest BCUT2D eigenvalue weighted by atomic mass is 16.4. The van der Waals surface area contributed by atoms with Crippen LogP contribution in [0.3, 0.4) is 0 Å². The zero-order chi connectivity index (χ0) is 18.8. The molecule has 0 radical (unpaired) electrons. The van der Waals surface area contributed by atoms with E-state index in [0.717, 1.165) is 35.3 Å². The first-order valence-corrected chi connectivity index (χ1v) is 9.03. The predicted molar refractivity (Wildman–Crippen MR) is 103 cm³/mol.